The van der Waals surface area contributed by atoms with Crippen LogP contribution >= 0.6 is 0 Å². The maximum atomic E-state index is 12.0. The van der Waals surface area contributed by atoms with Gasteiger partial charge in [-0.15, -0.1) is 0 Å². The molecule has 0 saturated carbocycles. The van der Waals surface area contributed by atoms with Crippen molar-refractivity contribution in [2.24, 2.45) is 0 Å². The molecule has 0 aliphatic heterocycles. The van der Waals surface area contributed by atoms with Crippen LogP contribution in [0.4, 0.5) is 11.4 Å². The van der Waals surface area contributed by atoms with Gasteiger partial charge in [0.1, 0.15) is 5.75 Å². The Morgan fingerprint density at radius 1 is 1.04 bits per heavy atom. The number of rotatable bonds is 7. The molecule has 0 saturated heterocycles. The van der Waals surface area contributed by atoms with Crippen molar-refractivity contribution in [3.05, 3.63) is 54.1 Å². The van der Waals surface area contributed by atoms with Gasteiger partial charge in [0.15, 0.2) is 0 Å². The van der Waals surface area contributed by atoms with E-state index in [9.17, 15) is 9.59 Å². The number of hydrogen-bond donors (Lipinski definition) is 2. The molecule has 0 heterocycles. The van der Waals surface area contributed by atoms with E-state index in [4.69, 9.17) is 4.74 Å². The van der Waals surface area contributed by atoms with Crippen LogP contribution in [0.2, 0.25) is 0 Å². The third-order valence-electron chi connectivity index (χ3n) is 3.42. The molecule has 2 amide bonds. The topological polar surface area (TPSA) is 70.7 Å². The van der Waals surface area contributed by atoms with Crippen molar-refractivity contribution in [2.75, 3.05) is 37.9 Å². The lowest BCUT2D eigenvalue weighted by molar-refractivity contribution is -0.114. The number of ether oxygens (including phenoxy) is 1. The van der Waals surface area contributed by atoms with Crippen molar-refractivity contribution < 1.29 is 14.3 Å². The monoisotopic (exact) mass is 341 g/mol. The number of benzene rings is 2. The Morgan fingerprint density at radius 3 is 2.40 bits per heavy atom. The highest BCUT2D eigenvalue weighted by molar-refractivity contribution is 5.96. The summed E-state index contributed by atoms with van der Waals surface area (Å²) in [4.78, 5) is 25.4. The Bertz CT molecular complexity index is 727. The first-order valence-electron chi connectivity index (χ1n) is 8.08. The predicted molar refractivity (Wildman–Crippen MR) is 99.2 cm³/mol. The van der Waals surface area contributed by atoms with Gasteiger partial charge in [-0.25, -0.2) is 0 Å². The summed E-state index contributed by atoms with van der Waals surface area (Å²) in [5, 5.41) is 5.84. The fourth-order valence-corrected chi connectivity index (χ4v) is 2.20. The minimum atomic E-state index is -0.173. The van der Waals surface area contributed by atoms with Gasteiger partial charge in [0.2, 0.25) is 5.91 Å². The van der Waals surface area contributed by atoms with Gasteiger partial charge in [0.05, 0.1) is 13.2 Å². The van der Waals surface area contributed by atoms with Crippen molar-refractivity contribution in [1.82, 2.24) is 4.90 Å². The van der Waals surface area contributed by atoms with Crippen LogP contribution in [0.15, 0.2) is 48.5 Å². The Hall–Kier alpha value is -3.02. The van der Waals surface area contributed by atoms with Gasteiger partial charge in [-0.2, -0.15) is 0 Å². The quantitative estimate of drug-likeness (QED) is 0.812. The third-order valence-corrected chi connectivity index (χ3v) is 3.42. The minimum Gasteiger partial charge on any atom is -0.494 e. The summed E-state index contributed by atoms with van der Waals surface area (Å²) in [6, 6.07) is 14.3. The van der Waals surface area contributed by atoms with E-state index in [2.05, 4.69) is 10.6 Å². The first-order valence-corrected chi connectivity index (χ1v) is 8.08. The van der Waals surface area contributed by atoms with Crippen molar-refractivity contribution in [3.8, 4) is 5.75 Å². The molecule has 0 radical (unpaired) electrons. The Kier molecular flexibility index (Phi) is 6.39. The predicted octanol–water partition coefficient (Wildman–Crippen LogP) is 2.84. The normalized spacial score (nSPS) is 10.0. The van der Waals surface area contributed by atoms with Crippen LogP contribution in [0, 0.1) is 0 Å². The van der Waals surface area contributed by atoms with E-state index < -0.39 is 0 Å². The van der Waals surface area contributed by atoms with Gasteiger partial charge in [-0.1, -0.05) is 6.07 Å². The van der Waals surface area contributed by atoms with Crippen molar-refractivity contribution >= 4 is 23.2 Å². The molecule has 0 aliphatic rings. The summed E-state index contributed by atoms with van der Waals surface area (Å²) in [6.45, 7) is 2.65. The van der Waals surface area contributed by atoms with Crippen LogP contribution in [0.3, 0.4) is 0 Å². The fourth-order valence-electron chi connectivity index (χ4n) is 2.20. The second-order valence-corrected chi connectivity index (χ2v) is 5.64. The van der Waals surface area contributed by atoms with Gasteiger partial charge < -0.3 is 20.3 Å². The molecule has 132 valence electrons. The van der Waals surface area contributed by atoms with E-state index >= 15 is 0 Å². The molecule has 25 heavy (non-hydrogen) atoms. The lowest BCUT2D eigenvalue weighted by Crippen LogP contribution is -2.22. The highest BCUT2D eigenvalue weighted by Gasteiger charge is 2.08. The largest absolute Gasteiger partial charge is 0.494 e. The van der Waals surface area contributed by atoms with Gasteiger partial charge in [-0.3, -0.25) is 9.59 Å². The number of anilines is 2. The molecule has 0 unspecified atom stereocenters. The van der Waals surface area contributed by atoms with Crippen LogP contribution in [0.1, 0.15) is 17.3 Å². The maximum absolute atomic E-state index is 12.0. The summed E-state index contributed by atoms with van der Waals surface area (Å²) in [5.41, 5.74) is 2.03. The number of carbonyl (C=O) groups is 2. The Morgan fingerprint density at radius 2 is 1.76 bits per heavy atom. The van der Waals surface area contributed by atoms with Crippen molar-refractivity contribution in [3.63, 3.8) is 0 Å². The molecule has 0 spiro atoms. The summed E-state index contributed by atoms with van der Waals surface area (Å²) < 4.78 is 5.42. The minimum absolute atomic E-state index is 0.0753. The Labute approximate surface area is 147 Å². The highest BCUT2D eigenvalue weighted by Crippen LogP contribution is 2.17. The van der Waals surface area contributed by atoms with Crippen molar-refractivity contribution in [2.45, 2.75) is 6.92 Å². The lowest BCUT2D eigenvalue weighted by Gasteiger charge is -2.11. The molecule has 2 rings (SSSR count). The summed E-state index contributed by atoms with van der Waals surface area (Å²) in [5.74, 6) is 0.510. The van der Waals surface area contributed by atoms with E-state index in [1.807, 2.05) is 31.2 Å². The van der Waals surface area contributed by atoms with Crippen LogP contribution in [-0.2, 0) is 4.79 Å². The second-order valence-electron chi connectivity index (χ2n) is 5.64. The molecular formula is C19H23N3O3. The summed E-state index contributed by atoms with van der Waals surface area (Å²) in [6.07, 6.45) is 0. The van der Waals surface area contributed by atoms with E-state index in [1.165, 1.54) is 4.90 Å². The molecular weight excluding hydrogens is 318 g/mol. The van der Waals surface area contributed by atoms with Gasteiger partial charge in [0, 0.05) is 37.1 Å². The van der Waals surface area contributed by atoms with E-state index in [-0.39, 0.29) is 18.4 Å². The molecule has 0 atom stereocenters. The van der Waals surface area contributed by atoms with Crippen LogP contribution in [0.5, 0.6) is 5.75 Å². The van der Waals surface area contributed by atoms with Crippen molar-refractivity contribution in [1.29, 1.82) is 0 Å². The first-order chi connectivity index (χ1) is 12.0. The average molecular weight is 341 g/mol. The molecule has 6 heteroatoms. The average Bonchev–Trinajstić information content (AvgIpc) is 2.60. The smallest absolute Gasteiger partial charge is 0.253 e. The van der Waals surface area contributed by atoms with Gasteiger partial charge in [0.25, 0.3) is 5.91 Å². The molecule has 0 fully saturated rings. The van der Waals surface area contributed by atoms with Gasteiger partial charge >= 0.3 is 0 Å². The number of hydrogen-bond acceptors (Lipinski definition) is 4. The number of nitrogens with zero attached hydrogens (tertiary/aromatic N) is 1. The van der Waals surface area contributed by atoms with E-state index in [0.29, 0.717) is 17.9 Å². The first kappa shape index (κ1) is 18.3. The zero-order chi connectivity index (χ0) is 18.2. The highest BCUT2D eigenvalue weighted by atomic mass is 16.5. The summed E-state index contributed by atoms with van der Waals surface area (Å²) in [7, 11) is 3.40. The maximum Gasteiger partial charge on any atom is 0.253 e. The molecule has 2 N–H and O–H groups in total. The molecule has 2 aromatic rings. The standard InChI is InChI=1S/C19H23N3O3/c1-4-25-17-7-5-6-16(12-17)20-13-18(23)21-15-10-8-14(9-11-15)19(24)22(2)3/h5-12,20H,4,13H2,1-3H3,(H,21,23). The van der Waals surface area contributed by atoms with Crippen LogP contribution < -0.4 is 15.4 Å². The second kappa shape index (κ2) is 8.73. The van der Waals surface area contributed by atoms with E-state index in [0.717, 1.165) is 11.4 Å². The number of carbonyl (C=O) groups excluding carboxylic acids is 2. The third kappa shape index (κ3) is 5.53. The summed E-state index contributed by atoms with van der Waals surface area (Å²) >= 11 is 0. The van der Waals surface area contributed by atoms with Crippen LogP contribution in [-0.4, -0.2) is 44.0 Å². The zero-order valence-corrected chi connectivity index (χ0v) is 14.7. The SMILES string of the molecule is CCOc1cccc(NCC(=O)Nc2ccc(C(=O)N(C)C)cc2)c1. The number of nitrogens with one attached hydrogen (secondary N) is 2. The molecule has 0 aromatic heterocycles. The lowest BCUT2D eigenvalue weighted by atomic mass is 10.2. The fraction of sp³-hybridized carbons (Fsp3) is 0.263. The zero-order valence-electron chi connectivity index (χ0n) is 14.7. The van der Waals surface area contributed by atoms with Gasteiger partial charge in [-0.05, 0) is 43.3 Å². The molecule has 6 nitrogen and oxygen atoms in total. The van der Waals surface area contributed by atoms with Crippen LogP contribution in [0.25, 0.3) is 0 Å². The number of amides is 2. The Balaban J connectivity index is 1.88. The molecule has 0 aliphatic carbocycles. The van der Waals surface area contributed by atoms with E-state index in [1.54, 1.807) is 38.4 Å². The molecule has 2 aromatic carbocycles. The molecule has 0 bridgehead atoms.